The van der Waals surface area contributed by atoms with Crippen molar-refractivity contribution in [3.8, 4) is 21.7 Å². The average molecular weight is 422 g/mol. The number of rotatable bonds is 5. The molecule has 1 aromatic carbocycles. The van der Waals surface area contributed by atoms with Gasteiger partial charge in [0.05, 0.1) is 16.5 Å². The van der Waals surface area contributed by atoms with Crippen LogP contribution in [0.2, 0.25) is 0 Å². The molecule has 3 heterocycles. The molecule has 1 amide bonds. The zero-order valence-electron chi connectivity index (χ0n) is 16.7. The van der Waals surface area contributed by atoms with E-state index < -0.39 is 5.97 Å². The van der Waals surface area contributed by atoms with Gasteiger partial charge in [-0.2, -0.15) is 0 Å². The van der Waals surface area contributed by atoms with Gasteiger partial charge < -0.3 is 10.0 Å². The average Bonchev–Trinajstić information content (AvgIpc) is 3.25. The van der Waals surface area contributed by atoms with E-state index in [1.165, 1.54) is 11.3 Å². The van der Waals surface area contributed by atoms with E-state index in [-0.39, 0.29) is 11.8 Å². The zero-order valence-corrected chi connectivity index (χ0v) is 17.6. The molecule has 1 aliphatic rings. The Morgan fingerprint density at radius 1 is 1.10 bits per heavy atom. The Morgan fingerprint density at radius 2 is 1.83 bits per heavy atom. The molecule has 154 valence electrons. The molecule has 0 radical (unpaired) electrons. The highest BCUT2D eigenvalue weighted by Gasteiger charge is 2.29. The van der Waals surface area contributed by atoms with Crippen molar-refractivity contribution in [1.29, 1.82) is 0 Å². The number of carbonyl (C=O) groups is 2. The normalized spacial score (nSPS) is 14.6. The van der Waals surface area contributed by atoms with Crippen molar-refractivity contribution in [2.24, 2.45) is 5.92 Å². The number of aliphatic carboxylic acids is 1. The number of piperidine rings is 1. The number of hydrogen-bond donors (Lipinski definition) is 1. The van der Waals surface area contributed by atoms with Gasteiger partial charge in [-0.05, 0) is 25.3 Å². The van der Waals surface area contributed by atoms with Crippen molar-refractivity contribution >= 4 is 23.2 Å². The lowest BCUT2D eigenvalue weighted by Crippen LogP contribution is -2.40. The predicted octanol–water partition coefficient (Wildman–Crippen LogP) is 4.37. The third-order valence-corrected chi connectivity index (χ3v) is 6.53. The van der Waals surface area contributed by atoms with Gasteiger partial charge in [-0.1, -0.05) is 43.3 Å². The maximum Gasteiger partial charge on any atom is 0.306 e. The first-order chi connectivity index (χ1) is 14.6. The monoisotopic (exact) mass is 421 g/mol. The third kappa shape index (κ3) is 4.11. The number of likely N-dealkylation sites (tertiary alicyclic amines) is 1. The number of carbonyl (C=O) groups excluding carboxylic acids is 1. The molecule has 0 aliphatic carbocycles. The molecule has 0 atom stereocenters. The Morgan fingerprint density at radius 3 is 2.43 bits per heavy atom. The van der Waals surface area contributed by atoms with Gasteiger partial charge in [-0.15, -0.1) is 11.3 Å². The quantitative estimate of drug-likeness (QED) is 0.661. The molecule has 1 aliphatic heterocycles. The number of nitrogens with zero attached hydrogens (tertiary/aromatic N) is 3. The minimum absolute atomic E-state index is 0.134. The Kier molecular flexibility index (Phi) is 5.90. The fourth-order valence-electron chi connectivity index (χ4n) is 3.63. The summed E-state index contributed by atoms with van der Waals surface area (Å²) in [4.78, 5) is 36.2. The molecule has 6 nitrogen and oxygen atoms in total. The highest BCUT2D eigenvalue weighted by Crippen LogP contribution is 2.37. The van der Waals surface area contributed by atoms with Crippen molar-refractivity contribution in [3.05, 3.63) is 59.4 Å². The molecule has 2 aromatic heterocycles. The van der Waals surface area contributed by atoms with Crippen LogP contribution in [-0.2, 0) is 11.2 Å². The summed E-state index contributed by atoms with van der Waals surface area (Å²) in [6, 6.07) is 13.9. The lowest BCUT2D eigenvalue weighted by Gasteiger charge is -2.29. The summed E-state index contributed by atoms with van der Waals surface area (Å²) in [6.45, 7) is 2.95. The number of carboxylic acid groups (broad SMARTS) is 1. The van der Waals surface area contributed by atoms with E-state index in [2.05, 4.69) is 11.9 Å². The minimum Gasteiger partial charge on any atom is -0.481 e. The summed E-state index contributed by atoms with van der Waals surface area (Å²) in [5, 5.41) is 9.62. The zero-order chi connectivity index (χ0) is 21.1. The smallest absolute Gasteiger partial charge is 0.306 e. The molecule has 0 unspecified atom stereocenters. The van der Waals surface area contributed by atoms with Crippen molar-refractivity contribution in [1.82, 2.24) is 14.9 Å². The molecule has 3 aromatic rings. The van der Waals surface area contributed by atoms with Crippen molar-refractivity contribution in [2.45, 2.75) is 26.2 Å². The first-order valence-corrected chi connectivity index (χ1v) is 10.9. The lowest BCUT2D eigenvalue weighted by molar-refractivity contribution is -0.143. The van der Waals surface area contributed by atoms with E-state index in [1.807, 2.05) is 48.7 Å². The van der Waals surface area contributed by atoms with Crippen LogP contribution in [-0.4, -0.2) is 44.9 Å². The minimum atomic E-state index is -0.784. The molecule has 0 bridgehead atoms. The number of thiazole rings is 1. The molecular formula is C23H23N3O3S. The number of aryl methyl sites for hydroxylation is 1. The molecular weight excluding hydrogens is 398 g/mol. The summed E-state index contributed by atoms with van der Waals surface area (Å²) in [7, 11) is 0. The molecule has 0 saturated carbocycles. The van der Waals surface area contributed by atoms with Crippen LogP contribution in [0.15, 0.2) is 48.7 Å². The summed E-state index contributed by atoms with van der Waals surface area (Å²) in [5.41, 5.74) is 3.68. The molecule has 7 heteroatoms. The molecule has 1 saturated heterocycles. The number of benzene rings is 1. The van der Waals surface area contributed by atoms with Crippen LogP contribution in [0.1, 0.15) is 35.3 Å². The van der Waals surface area contributed by atoms with Gasteiger partial charge in [0.25, 0.3) is 5.91 Å². The van der Waals surface area contributed by atoms with Gasteiger partial charge in [-0.3, -0.25) is 14.6 Å². The Bertz CT molecular complexity index is 1040. The van der Waals surface area contributed by atoms with E-state index in [0.717, 1.165) is 33.8 Å². The number of amides is 1. The second-order valence-corrected chi connectivity index (χ2v) is 8.36. The number of carboxylic acids is 1. The van der Waals surface area contributed by atoms with Crippen molar-refractivity contribution in [3.63, 3.8) is 0 Å². The van der Waals surface area contributed by atoms with Crippen LogP contribution >= 0.6 is 11.3 Å². The molecule has 1 fully saturated rings. The number of hydrogen-bond acceptors (Lipinski definition) is 5. The highest BCUT2D eigenvalue weighted by atomic mass is 32.1. The van der Waals surface area contributed by atoms with E-state index in [1.54, 1.807) is 4.90 Å². The van der Waals surface area contributed by atoms with Gasteiger partial charge in [0.15, 0.2) is 5.01 Å². The van der Waals surface area contributed by atoms with Crippen LogP contribution < -0.4 is 0 Å². The Labute approximate surface area is 179 Å². The van der Waals surface area contributed by atoms with Gasteiger partial charge >= 0.3 is 5.97 Å². The SMILES string of the molecule is CCc1ccc(-c2sc(C(=O)N3CCC(C(=O)O)CC3)nc2-c2ccccc2)cn1. The third-order valence-electron chi connectivity index (χ3n) is 5.44. The fraction of sp³-hybridized carbons (Fsp3) is 0.304. The van der Waals surface area contributed by atoms with E-state index >= 15 is 0 Å². The first-order valence-electron chi connectivity index (χ1n) is 10.1. The number of pyridine rings is 1. The fourth-order valence-corrected chi connectivity index (χ4v) is 4.68. The summed E-state index contributed by atoms with van der Waals surface area (Å²) < 4.78 is 0. The second-order valence-electron chi connectivity index (χ2n) is 7.36. The number of aromatic nitrogens is 2. The summed E-state index contributed by atoms with van der Waals surface area (Å²) >= 11 is 1.37. The van der Waals surface area contributed by atoms with Crippen molar-refractivity contribution in [2.75, 3.05) is 13.1 Å². The first kappa shape index (κ1) is 20.2. The van der Waals surface area contributed by atoms with E-state index in [9.17, 15) is 14.7 Å². The standard InChI is InChI=1S/C23H23N3O3S/c1-2-18-9-8-17(14-24-18)20-19(15-6-4-3-5-7-15)25-21(30-20)22(27)26-12-10-16(11-13-26)23(28)29/h3-9,14,16H,2,10-13H2,1H3,(H,28,29). The van der Waals surface area contributed by atoms with Gasteiger partial charge in [-0.25, -0.2) is 4.98 Å². The van der Waals surface area contributed by atoms with E-state index in [4.69, 9.17) is 4.98 Å². The van der Waals surface area contributed by atoms with Crippen LogP contribution in [0, 0.1) is 5.92 Å². The summed E-state index contributed by atoms with van der Waals surface area (Å²) in [5.74, 6) is -1.29. The largest absolute Gasteiger partial charge is 0.481 e. The van der Waals surface area contributed by atoms with Crippen LogP contribution in [0.25, 0.3) is 21.7 Å². The van der Waals surface area contributed by atoms with E-state index in [0.29, 0.717) is 30.9 Å². The summed E-state index contributed by atoms with van der Waals surface area (Å²) in [6.07, 6.45) is 3.66. The maximum atomic E-state index is 13.1. The lowest BCUT2D eigenvalue weighted by atomic mass is 9.97. The Hall–Kier alpha value is -3.06. The molecule has 1 N–H and O–H groups in total. The van der Waals surface area contributed by atoms with Gasteiger partial charge in [0.2, 0.25) is 0 Å². The van der Waals surface area contributed by atoms with Crippen molar-refractivity contribution < 1.29 is 14.7 Å². The highest BCUT2D eigenvalue weighted by molar-refractivity contribution is 7.17. The van der Waals surface area contributed by atoms with Gasteiger partial charge in [0.1, 0.15) is 0 Å². The van der Waals surface area contributed by atoms with Crippen LogP contribution in [0.5, 0.6) is 0 Å². The van der Waals surface area contributed by atoms with Gasteiger partial charge in [0, 0.05) is 36.1 Å². The predicted molar refractivity (Wildman–Crippen MR) is 116 cm³/mol. The van der Waals surface area contributed by atoms with Crippen LogP contribution in [0.4, 0.5) is 0 Å². The molecule has 0 spiro atoms. The Balaban J connectivity index is 1.67. The topological polar surface area (TPSA) is 83.4 Å². The maximum absolute atomic E-state index is 13.1. The molecule has 30 heavy (non-hydrogen) atoms. The van der Waals surface area contributed by atoms with Crippen LogP contribution in [0.3, 0.4) is 0 Å². The second kappa shape index (κ2) is 8.75. The molecule has 4 rings (SSSR count).